The largest absolute Gasteiger partial charge is 0.478 e. The predicted molar refractivity (Wildman–Crippen MR) is 74.2 cm³/mol. The molecule has 0 unspecified atom stereocenters. The van der Waals surface area contributed by atoms with Crippen LogP contribution < -0.4 is 4.74 Å². The summed E-state index contributed by atoms with van der Waals surface area (Å²) in [6.45, 7) is 1.56. The first-order valence-electron chi connectivity index (χ1n) is 5.90. The summed E-state index contributed by atoms with van der Waals surface area (Å²) in [6, 6.07) is 16.8. The molecule has 0 radical (unpaired) electrons. The first kappa shape index (κ1) is 12.9. The summed E-state index contributed by atoms with van der Waals surface area (Å²) in [4.78, 5) is 10.8. The summed E-state index contributed by atoms with van der Waals surface area (Å²) in [5.74, 6) is 0.506. The van der Waals surface area contributed by atoms with Crippen molar-refractivity contribution in [1.29, 1.82) is 0 Å². The van der Waals surface area contributed by atoms with Crippen LogP contribution in [0.4, 0.5) is 0 Å². The molecule has 0 aliphatic heterocycles. The highest BCUT2D eigenvalue weighted by Crippen LogP contribution is 2.22. The Morgan fingerprint density at radius 2 is 1.74 bits per heavy atom. The van der Waals surface area contributed by atoms with E-state index >= 15 is 0 Å². The third-order valence-electron chi connectivity index (χ3n) is 2.56. The number of para-hydroxylation sites is 1. The first-order chi connectivity index (χ1) is 9.15. The van der Waals surface area contributed by atoms with Crippen LogP contribution in [0.2, 0.25) is 0 Å². The minimum Gasteiger partial charge on any atom is -0.478 e. The molecule has 0 aliphatic rings. The fourth-order valence-corrected chi connectivity index (χ4v) is 1.60. The lowest BCUT2D eigenvalue weighted by molar-refractivity contribution is -0.132. The molecular weight excluding hydrogens is 240 g/mol. The van der Waals surface area contributed by atoms with E-state index in [2.05, 4.69) is 0 Å². The molecule has 0 bridgehead atoms. The zero-order valence-corrected chi connectivity index (χ0v) is 10.5. The fourth-order valence-electron chi connectivity index (χ4n) is 1.60. The van der Waals surface area contributed by atoms with Gasteiger partial charge in [-0.25, -0.2) is 4.79 Å². The molecule has 1 N–H and O–H groups in total. The Morgan fingerprint density at radius 1 is 1.05 bits per heavy atom. The standard InChI is InChI=1S/C16H14O3/c1-12(16(17)18)10-13-6-5-9-15(11-13)19-14-7-3-2-4-8-14/h2-11H,1H3,(H,17,18)/b12-10+. The monoisotopic (exact) mass is 254 g/mol. The normalized spacial score (nSPS) is 11.1. The number of carboxylic acids is 1. The number of ether oxygens (including phenoxy) is 1. The highest BCUT2D eigenvalue weighted by molar-refractivity contribution is 5.91. The number of hydrogen-bond donors (Lipinski definition) is 1. The van der Waals surface area contributed by atoms with E-state index in [1.165, 1.54) is 0 Å². The molecular formula is C16H14O3. The molecule has 2 aromatic carbocycles. The maximum absolute atomic E-state index is 10.8. The van der Waals surface area contributed by atoms with Gasteiger partial charge in [-0.05, 0) is 42.8 Å². The van der Waals surface area contributed by atoms with Gasteiger partial charge in [-0.1, -0.05) is 30.3 Å². The maximum Gasteiger partial charge on any atom is 0.331 e. The van der Waals surface area contributed by atoms with E-state index in [1.807, 2.05) is 48.5 Å². The molecule has 0 amide bonds. The Balaban J connectivity index is 2.20. The van der Waals surface area contributed by atoms with Crippen LogP contribution in [0.1, 0.15) is 12.5 Å². The van der Waals surface area contributed by atoms with E-state index in [1.54, 1.807) is 19.1 Å². The van der Waals surface area contributed by atoms with Gasteiger partial charge < -0.3 is 9.84 Å². The van der Waals surface area contributed by atoms with E-state index < -0.39 is 5.97 Å². The topological polar surface area (TPSA) is 46.5 Å². The maximum atomic E-state index is 10.8. The summed E-state index contributed by atoms with van der Waals surface area (Å²) in [5, 5.41) is 8.85. The van der Waals surface area contributed by atoms with Crippen LogP contribution in [0.5, 0.6) is 11.5 Å². The molecule has 0 aromatic heterocycles. The van der Waals surface area contributed by atoms with Crippen molar-refractivity contribution >= 4 is 12.0 Å². The van der Waals surface area contributed by atoms with Gasteiger partial charge in [0.1, 0.15) is 11.5 Å². The van der Waals surface area contributed by atoms with Crippen molar-refractivity contribution < 1.29 is 14.6 Å². The molecule has 2 aromatic rings. The van der Waals surface area contributed by atoms with Crippen LogP contribution in [0.25, 0.3) is 6.08 Å². The van der Waals surface area contributed by atoms with Gasteiger partial charge in [0, 0.05) is 5.57 Å². The summed E-state index contributed by atoms with van der Waals surface area (Å²) in [6.07, 6.45) is 1.61. The van der Waals surface area contributed by atoms with Gasteiger partial charge in [0.2, 0.25) is 0 Å². The average molecular weight is 254 g/mol. The number of benzene rings is 2. The lowest BCUT2D eigenvalue weighted by atomic mass is 10.1. The Hall–Kier alpha value is -2.55. The first-order valence-corrected chi connectivity index (χ1v) is 5.90. The Bertz CT molecular complexity index is 600. The predicted octanol–water partition coefficient (Wildman–Crippen LogP) is 3.97. The third-order valence-corrected chi connectivity index (χ3v) is 2.56. The SMILES string of the molecule is C/C(=C\c1cccc(Oc2ccccc2)c1)C(=O)O. The van der Waals surface area contributed by atoms with Crippen LogP contribution in [-0.4, -0.2) is 11.1 Å². The van der Waals surface area contributed by atoms with Crippen molar-refractivity contribution in [1.82, 2.24) is 0 Å². The molecule has 3 nitrogen and oxygen atoms in total. The molecule has 19 heavy (non-hydrogen) atoms. The van der Waals surface area contributed by atoms with Gasteiger partial charge in [-0.3, -0.25) is 0 Å². The number of hydrogen-bond acceptors (Lipinski definition) is 2. The summed E-state index contributed by atoms with van der Waals surface area (Å²) < 4.78 is 5.68. The number of rotatable bonds is 4. The van der Waals surface area contributed by atoms with Crippen LogP contribution in [0.15, 0.2) is 60.2 Å². The Labute approximate surface area is 111 Å². The minimum absolute atomic E-state index is 0.289. The van der Waals surface area contributed by atoms with Crippen molar-refractivity contribution in [2.24, 2.45) is 0 Å². The lowest BCUT2D eigenvalue weighted by Crippen LogP contribution is -1.95. The van der Waals surface area contributed by atoms with Crippen LogP contribution in [0, 0.1) is 0 Å². The lowest BCUT2D eigenvalue weighted by Gasteiger charge is -2.06. The molecule has 3 heteroatoms. The molecule has 0 heterocycles. The quantitative estimate of drug-likeness (QED) is 0.840. The molecule has 0 spiro atoms. The molecule has 0 saturated carbocycles. The van der Waals surface area contributed by atoms with Crippen LogP contribution in [0.3, 0.4) is 0 Å². The second-order valence-corrected chi connectivity index (χ2v) is 4.12. The van der Waals surface area contributed by atoms with E-state index in [0.717, 1.165) is 11.3 Å². The smallest absolute Gasteiger partial charge is 0.331 e. The number of carboxylic acid groups (broad SMARTS) is 1. The molecule has 0 atom stereocenters. The van der Waals surface area contributed by atoms with Crippen LogP contribution >= 0.6 is 0 Å². The zero-order valence-electron chi connectivity index (χ0n) is 10.5. The van der Waals surface area contributed by atoms with Crippen molar-refractivity contribution in [3.05, 3.63) is 65.7 Å². The highest BCUT2D eigenvalue weighted by Gasteiger charge is 2.01. The van der Waals surface area contributed by atoms with Crippen LogP contribution in [-0.2, 0) is 4.79 Å². The van der Waals surface area contributed by atoms with Crippen molar-refractivity contribution in [2.75, 3.05) is 0 Å². The summed E-state index contributed by atoms with van der Waals surface area (Å²) in [5.41, 5.74) is 1.09. The fraction of sp³-hybridized carbons (Fsp3) is 0.0625. The second-order valence-electron chi connectivity index (χ2n) is 4.12. The Morgan fingerprint density at radius 3 is 2.42 bits per heavy atom. The van der Waals surface area contributed by atoms with Crippen molar-refractivity contribution in [3.8, 4) is 11.5 Å². The van der Waals surface area contributed by atoms with E-state index in [0.29, 0.717) is 5.75 Å². The van der Waals surface area contributed by atoms with Gasteiger partial charge in [-0.2, -0.15) is 0 Å². The minimum atomic E-state index is -0.922. The molecule has 0 aliphatic carbocycles. The van der Waals surface area contributed by atoms with E-state index in [9.17, 15) is 4.79 Å². The van der Waals surface area contributed by atoms with Gasteiger partial charge >= 0.3 is 5.97 Å². The third kappa shape index (κ3) is 3.71. The average Bonchev–Trinajstić information content (AvgIpc) is 2.40. The van der Waals surface area contributed by atoms with Gasteiger partial charge in [-0.15, -0.1) is 0 Å². The summed E-state index contributed by atoms with van der Waals surface area (Å²) in [7, 11) is 0. The van der Waals surface area contributed by atoms with Crippen molar-refractivity contribution in [2.45, 2.75) is 6.92 Å². The highest BCUT2D eigenvalue weighted by atomic mass is 16.5. The number of carbonyl (C=O) groups is 1. The van der Waals surface area contributed by atoms with E-state index in [-0.39, 0.29) is 5.57 Å². The van der Waals surface area contributed by atoms with Gasteiger partial charge in [0.05, 0.1) is 0 Å². The molecule has 0 saturated heterocycles. The van der Waals surface area contributed by atoms with Gasteiger partial charge in [0.25, 0.3) is 0 Å². The summed E-state index contributed by atoms with van der Waals surface area (Å²) >= 11 is 0. The molecule has 2 rings (SSSR count). The zero-order chi connectivity index (χ0) is 13.7. The van der Waals surface area contributed by atoms with E-state index in [4.69, 9.17) is 9.84 Å². The van der Waals surface area contributed by atoms with Gasteiger partial charge in [0.15, 0.2) is 0 Å². The second kappa shape index (κ2) is 5.87. The number of aliphatic carboxylic acids is 1. The Kier molecular flexibility index (Phi) is 3.98. The van der Waals surface area contributed by atoms with Crippen molar-refractivity contribution in [3.63, 3.8) is 0 Å². The molecule has 0 fully saturated rings. The molecule has 96 valence electrons.